The van der Waals surface area contributed by atoms with Crippen molar-refractivity contribution in [2.24, 2.45) is 0 Å². The maximum absolute atomic E-state index is 12.8. The Morgan fingerprint density at radius 1 is 1.13 bits per heavy atom. The van der Waals surface area contributed by atoms with Crippen LogP contribution in [0.3, 0.4) is 0 Å². The minimum Gasteiger partial charge on any atom is -0.381 e. The van der Waals surface area contributed by atoms with Crippen LogP contribution < -0.4 is 5.32 Å². The SMILES string of the molecule is Cc1onc(-c2ccccc2)c1-c1ncc2ccc(C(=O)NC3CCOCC3)cn12. The minimum absolute atomic E-state index is 0.0891. The number of aromatic nitrogens is 3. The van der Waals surface area contributed by atoms with Gasteiger partial charge in [0.25, 0.3) is 5.91 Å². The van der Waals surface area contributed by atoms with Gasteiger partial charge in [-0.1, -0.05) is 35.5 Å². The zero-order valence-corrected chi connectivity index (χ0v) is 16.7. The fourth-order valence-corrected chi connectivity index (χ4v) is 3.85. The largest absolute Gasteiger partial charge is 0.381 e. The van der Waals surface area contributed by atoms with Crippen molar-refractivity contribution < 1.29 is 14.1 Å². The Morgan fingerprint density at radius 2 is 1.93 bits per heavy atom. The van der Waals surface area contributed by atoms with Crippen LogP contribution in [0.15, 0.2) is 59.4 Å². The molecule has 0 atom stereocenters. The highest BCUT2D eigenvalue weighted by Crippen LogP contribution is 2.33. The van der Waals surface area contributed by atoms with Crippen LogP contribution in [0.2, 0.25) is 0 Å². The number of pyridine rings is 1. The zero-order chi connectivity index (χ0) is 20.5. The van der Waals surface area contributed by atoms with Crippen LogP contribution in [0.5, 0.6) is 0 Å². The Hall–Kier alpha value is -3.45. The Bertz CT molecular complexity index is 1190. The molecule has 30 heavy (non-hydrogen) atoms. The molecule has 1 saturated heterocycles. The third kappa shape index (κ3) is 3.37. The predicted octanol–water partition coefficient (Wildman–Crippen LogP) is 3.87. The third-order valence-electron chi connectivity index (χ3n) is 5.48. The van der Waals surface area contributed by atoms with Gasteiger partial charge in [-0.3, -0.25) is 9.20 Å². The van der Waals surface area contributed by atoms with Gasteiger partial charge in [-0.15, -0.1) is 0 Å². The van der Waals surface area contributed by atoms with E-state index >= 15 is 0 Å². The fraction of sp³-hybridized carbons (Fsp3) is 0.261. The predicted molar refractivity (Wildman–Crippen MR) is 112 cm³/mol. The van der Waals surface area contributed by atoms with E-state index in [2.05, 4.69) is 15.5 Å². The van der Waals surface area contributed by atoms with Crippen molar-refractivity contribution in [3.63, 3.8) is 0 Å². The average Bonchev–Trinajstić information content (AvgIpc) is 3.37. The quantitative estimate of drug-likeness (QED) is 0.560. The lowest BCUT2D eigenvalue weighted by Crippen LogP contribution is -2.38. The molecule has 0 unspecified atom stereocenters. The van der Waals surface area contributed by atoms with Gasteiger partial charge in [0.1, 0.15) is 17.3 Å². The molecule has 1 N–H and O–H groups in total. The van der Waals surface area contributed by atoms with Crippen LogP contribution in [-0.4, -0.2) is 39.7 Å². The van der Waals surface area contributed by atoms with E-state index in [0.29, 0.717) is 30.4 Å². The summed E-state index contributed by atoms with van der Waals surface area (Å²) >= 11 is 0. The number of rotatable bonds is 4. The van der Waals surface area contributed by atoms with Gasteiger partial charge in [0, 0.05) is 31.0 Å². The van der Waals surface area contributed by atoms with Crippen LogP contribution in [0.1, 0.15) is 29.0 Å². The molecule has 152 valence electrons. The van der Waals surface area contributed by atoms with Gasteiger partial charge in [-0.2, -0.15) is 0 Å². The lowest BCUT2D eigenvalue weighted by Gasteiger charge is -2.23. The molecule has 0 radical (unpaired) electrons. The first-order valence-corrected chi connectivity index (χ1v) is 10.1. The molecule has 7 heteroatoms. The van der Waals surface area contributed by atoms with Gasteiger partial charge in [0.05, 0.1) is 22.8 Å². The molecule has 1 aromatic carbocycles. The lowest BCUT2D eigenvalue weighted by atomic mass is 10.1. The molecular formula is C23H22N4O3. The van der Waals surface area contributed by atoms with Crippen molar-refractivity contribution in [3.05, 3.63) is 66.2 Å². The Kier molecular flexibility index (Phi) is 4.80. The second-order valence-corrected chi connectivity index (χ2v) is 7.48. The van der Waals surface area contributed by atoms with Crippen LogP contribution in [0.4, 0.5) is 0 Å². The third-order valence-corrected chi connectivity index (χ3v) is 5.48. The van der Waals surface area contributed by atoms with Gasteiger partial charge >= 0.3 is 0 Å². The molecule has 0 saturated carbocycles. The van der Waals surface area contributed by atoms with Crippen LogP contribution in [0.25, 0.3) is 28.2 Å². The highest BCUT2D eigenvalue weighted by atomic mass is 16.5. The highest BCUT2D eigenvalue weighted by Gasteiger charge is 2.22. The van der Waals surface area contributed by atoms with Gasteiger partial charge in [0.15, 0.2) is 0 Å². The number of nitrogens with one attached hydrogen (secondary N) is 1. The maximum atomic E-state index is 12.8. The minimum atomic E-state index is -0.0891. The summed E-state index contributed by atoms with van der Waals surface area (Å²) < 4.78 is 12.8. The van der Waals surface area contributed by atoms with E-state index in [4.69, 9.17) is 9.26 Å². The second kappa shape index (κ2) is 7.76. The Labute approximate surface area is 173 Å². The van der Waals surface area contributed by atoms with Crippen LogP contribution >= 0.6 is 0 Å². The van der Waals surface area contributed by atoms with Gasteiger partial charge in [-0.25, -0.2) is 4.98 Å². The van der Waals surface area contributed by atoms with E-state index in [0.717, 1.165) is 35.2 Å². The number of aryl methyl sites for hydroxylation is 1. The van der Waals surface area contributed by atoms with Gasteiger partial charge in [-0.05, 0) is 31.9 Å². The Morgan fingerprint density at radius 3 is 2.73 bits per heavy atom. The average molecular weight is 402 g/mol. The van der Waals surface area contributed by atoms with Crippen LogP contribution in [0, 0.1) is 6.92 Å². The first-order valence-electron chi connectivity index (χ1n) is 10.1. The van der Waals surface area contributed by atoms with E-state index in [1.54, 1.807) is 6.20 Å². The standard InChI is InChI=1S/C23H22N4O3/c1-15-20(21(26-30-15)16-5-3-2-4-6-16)22-24-13-19-8-7-17(14-27(19)22)23(28)25-18-9-11-29-12-10-18/h2-8,13-14,18H,9-12H2,1H3,(H,25,28). The van der Waals surface area contributed by atoms with Crippen molar-refractivity contribution in [2.45, 2.75) is 25.8 Å². The highest BCUT2D eigenvalue weighted by molar-refractivity contribution is 5.94. The first-order chi connectivity index (χ1) is 14.7. The first kappa shape index (κ1) is 18.6. The summed E-state index contributed by atoms with van der Waals surface area (Å²) in [5.74, 6) is 1.29. The number of fused-ring (bicyclic) bond motifs is 1. The molecule has 4 aromatic rings. The van der Waals surface area contributed by atoms with E-state index in [-0.39, 0.29) is 11.9 Å². The molecule has 0 aliphatic carbocycles. The van der Waals surface area contributed by atoms with Crippen molar-refractivity contribution in [1.29, 1.82) is 0 Å². The number of imidazole rings is 1. The molecule has 0 spiro atoms. The van der Waals surface area contributed by atoms with Crippen LogP contribution in [-0.2, 0) is 4.74 Å². The number of ether oxygens (including phenoxy) is 1. The summed E-state index contributed by atoms with van der Waals surface area (Å²) in [6, 6.07) is 13.7. The van der Waals surface area contributed by atoms with Gasteiger partial charge in [0.2, 0.25) is 0 Å². The topological polar surface area (TPSA) is 81.7 Å². The van der Waals surface area contributed by atoms with Crippen molar-refractivity contribution in [2.75, 3.05) is 13.2 Å². The van der Waals surface area contributed by atoms with Gasteiger partial charge < -0.3 is 14.6 Å². The summed E-state index contributed by atoms with van der Waals surface area (Å²) in [6.07, 6.45) is 5.29. The number of carbonyl (C=O) groups is 1. The molecule has 7 nitrogen and oxygen atoms in total. The second-order valence-electron chi connectivity index (χ2n) is 7.48. The molecule has 1 fully saturated rings. The molecule has 4 heterocycles. The molecule has 3 aromatic heterocycles. The number of benzene rings is 1. The number of amides is 1. The smallest absolute Gasteiger partial charge is 0.252 e. The molecule has 0 bridgehead atoms. The van der Waals surface area contributed by atoms with E-state index in [1.807, 2.05) is 60.0 Å². The number of hydrogen-bond acceptors (Lipinski definition) is 5. The zero-order valence-electron chi connectivity index (χ0n) is 16.7. The summed E-state index contributed by atoms with van der Waals surface area (Å²) in [5, 5.41) is 7.38. The Balaban J connectivity index is 1.53. The molecule has 5 rings (SSSR count). The van der Waals surface area contributed by atoms with E-state index in [1.165, 1.54) is 0 Å². The number of carbonyl (C=O) groups excluding carboxylic acids is 1. The molecular weight excluding hydrogens is 380 g/mol. The van der Waals surface area contributed by atoms with Crippen molar-refractivity contribution in [1.82, 2.24) is 19.9 Å². The van der Waals surface area contributed by atoms with E-state index < -0.39 is 0 Å². The number of hydrogen-bond donors (Lipinski definition) is 1. The summed E-state index contributed by atoms with van der Waals surface area (Å²) in [7, 11) is 0. The number of nitrogens with zero attached hydrogens (tertiary/aromatic N) is 3. The molecule has 1 aliphatic heterocycles. The fourth-order valence-electron chi connectivity index (χ4n) is 3.85. The lowest BCUT2D eigenvalue weighted by molar-refractivity contribution is 0.0696. The summed E-state index contributed by atoms with van der Waals surface area (Å²) in [4.78, 5) is 17.4. The maximum Gasteiger partial charge on any atom is 0.252 e. The normalized spacial score (nSPS) is 14.8. The molecule has 1 aliphatic rings. The van der Waals surface area contributed by atoms with Crippen molar-refractivity contribution in [3.8, 4) is 22.6 Å². The van der Waals surface area contributed by atoms with Crippen molar-refractivity contribution >= 4 is 11.4 Å². The summed E-state index contributed by atoms with van der Waals surface area (Å²) in [5.41, 5.74) is 3.99. The molecule has 1 amide bonds. The van der Waals surface area contributed by atoms with E-state index in [9.17, 15) is 4.79 Å². The monoisotopic (exact) mass is 402 g/mol. The summed E-state index contributed by atoms with van der Waals surface area (Å²) in [6.45, 7) is 3.24.